The fourth-order valence-corrected chi connectivity index (χ4v) is 4.09. The van der Waals surface area contributed by atoms with Crippen molar-refractivity contribution in [2.75, 3.05) is 31.1 Å². The van der Waals surface area contributed by atoms with Gasteiger partial charge in [-0.25, -0.2) is 0 Å². The van der Waals surface area contributed by atoms with Gasteiger partial charge in [0.1, 0.15) is 6.61 Å². The third-order valence-corrected chi connectivity index (χ3v) is 5.79. The van der Waals surface area contributed by atoms with Gasteiger partial charge in [0.15, 0.2) is 0 Å². The van der Waals surface area contributed by atoms with Crippen LogP contribution < -0.4 is 4.90 Å². The molecule has 3 aliphatic rings. The van der Waals surface area contributed by atoms with Crippen LogP contribution in [0.5, 0.6) is 0 Å². The number of piperidine rings is 1. The van der Waals surface area contributed by atoms with Crippen molar-refractivity contribution in [1.82, 2.24) is 14.7 Å². The fraction of sp³-hybridized carbons (Fsp3) is 0.765. The Hall–Kier alpha value is -1.40. The van der Waals surface area contributed by atoms with Crippen LogP contribution in [0.4, 0.5) is 5.69 Å². The van der Waals surface area contributed by atoms with Crippen LogP contribution in [0.1, 0.15) is 32.6 Å². The molecule has 3 heterocycles. The van der Waals surface area contributed by atoms with Crippen LogP contribution in [-0.2, 0) is 16.6 Å². The van der Waals surface area contributed by atoms with E-state index < -0.39 is 0 Å². The molecule has 1 saturated carbocycles. The van der Waals surface area contributed by atoms with Crippen LogP contribution in [0.15, 0.2) is 12.4 Å². The number of rotatable bonds is 3. The van der Waals surface area contributed by atoms with E-state index in [1.165, 1.54) is 19.4 Å². The smallest absolute Gasteiger partial charge is 0.253 e. The molecule has 1 aliphatic carbocycles. The van der Waals surface area contributed by atoms with Crippen molar-refractivity contribution in [3.63, 3.8) is 0 Å². The van der Waals surface area contributed by atoms with E-state index in [9.17, 15) is 4.79 Å². The largest absolute Gasteiger partial charge is 0.363 e. The fourth-order valence-electron chi connectivity index (χ4n) is 4.09. The number of amides is 1. The van der Waals surface area contributed by atoms with Crippen LogP contribution in [0, 0.1) is 5.92 Å². The van der Waals surface area contributed by atoms with Gasteiger partial charge in [-0.1, -0.05) is 0 Å². The topological polar surface area (TPSA) is 50.6 Å². The maximum atomic E-state index is 12.4. The standard InChI is InChI=1S/C17H26N4O2/c1-13-17(5-7-20(8-6-17)10-14-3-4-14)23-12-16(22)21(13)15-9-18-19(2)11-15/h9,11,13-14H,3-8,10,12H2,1-2H3/t13-/m0/s1. The van der Waals surface area contributed by atoms with Gasteiger partial charge < -0.3 is 14.5 Å². The molecule has 126 valence electrons. The number of morpholine rings is 1. The number of carbonyl (C=O) groups excluding carboxylic acids is 1. The molecule has 0 radical (unpaired) electrons. The lowest BCUT2D eigenvalue weighted by Gasteiger charge is -2.51. The summed E-state index contributed by atoms with van der Waals surface area (Å²) >= 11 is 0. The van der Waals surface area contributed by atoms with Crippen LogP contribution in [-0.4, -0.2) is 58.5 Å². The molecule has 4 rings (SSSR count). The van der Waals surface area contributed by atoms with Crippen molar-refractivity contribution in [3.8, 4) is 0 Å². The normalized spacial score (nSPS) is 28.5. The molecule has 2 saturated heterocycles. The van der Waals surface area contributed by atoms with Crippen molar-refractivity contribution in [1.29, 1.82) is 0 Å². The van der Waals surface area contributed by atoms with Crippen LogP contribution in [0.2, 0.25) is 0 Å². The minimum atomic E-state index is -0.205. The summed E-state index contributed by atoms with van der Waals surface area (Å²) in [6, 6.07) is 0.0519. The van der Waals surface area contributed by atoms with Gasteiger partial charge in [-0.3, -0.25) is 9.48 Å². The van der Waals surface area contributed by atoms with Gasteiger partial charge >= 0.3 is 0 Å². The first-order valence-electron chi connectivity index (χ1n) is 8.74. The highest BCUT2D eigenvalue weighted by atomic mass is 16.5. The second-order valence-electron chi connectivity index (χ2n) is 7.41. The van der Waals surface area contributed by atoms with Gasteiger partial charge in [0, 0.05) is 32.9 Å². The third kappa shape index (κ3) is 2.78. The first kappa shape index (κ1) is 15.1. The summed E-state index contributed by atoms with van der Waals surface area (Å²) in [6.07, 6.45) is 8.50. The number of hydrogen-bond acceptors (Lipinski definition) is 4. The van der Waals surface area contributed by atoms with E-state index in [2.05, 4.69) is 16.9 Å². The average molecular weight is 318 g/mol. The summed E-state index contributed by atoms with van der Waals surface area (Å²) in [4.78, 5) is 16.9. The van der Waals surface area contributed by atoms with E-state index in [-0.39, 0.29) is 24.2 Å². The number of carbonyl (C=O) groups is 1. The molecule has 3 fully saturated rings. The number of aromatic nitrogens is 2. The first-order chi connectivity index (χ1) is 11.1. The second kappa shape index (κ2) is 5.60. The molecule has 1 aromatic heterocycles. The molecular weight excluding hydrogens is 292 g/mol. The Morgan fingerprint density at radius 2 is 2.09 bits per heavy atom. The summed E-state index contributed by atoms with van der Waals surface area (Å²) in [5.74, 6) is 0.971. The summed E-state index contributed by atoms with van der Waals surface area (Å²) < 4.78 is 7.86. The molecule has 1 amide bonds. The highest BCUT2D eigenvalue weighted by Crippen LogP contribution is 2.39. The lowest BCUT2D eigenvalue weighted by Crippen LogP contribution is -2.64. The zero-order chi connectivity index (χ0) is 16.0. The van der Waals surface area contributed by atoms with Gasteiger partial charge in [0.2, 0.25) is 0 Å². The van der Waals surface area contributed by atoms with Gasteiger partial charge in [0.25, 0.3) is 5.91 Å². The predicted octanol–water partition coefficient (Wildman–Crippen LogP) is 1.42. The molecule has 23 heavy (non-hydrogen) atoms. The van der Waals surface area contributed by atoms with E-state index >= 15 is 0 Å². The molecule has 0 aromatic carbocycles. The monoisotopic (exact) mass is 318 g/mol. The van der Waals surface area contributed by atoms with Crippen LogP contribution in [0.25, 0.3) is 0 Å². The number of aryl methyl sites for hydroxylation is 1. The lowest BCUT2D eigenvalue weighted by molar-refractivity contribution is -0.152. The zero-order valence-corrected chi connectivity index (χ0v) is 14.1. The minimum Gasteiger partial charge on any atom is -0.363 e. The van der Waals surface area contributed by atoms with E-state index in [0.29, 0.717) is 0 Å². The summed E-state index contributed by atoms with van der Waals surface area (Å²) in [6.45, 7) is 5.71. The number of hydrogen-bond donors (Lipinski definition) is 0. The molecule has 1 atom stereocenters. The van der Waals surface area contributed by atoms with Gasteiger partial charge in [0.05, 0.1) is 23.5 Å². The Morgan fingerprint density at radius 3 is 2.70 bits per heavy atom. The molecular formula is C17H26N4O2. The molecule has 2 aliphatic heterocycles. The predicted molar refractivity (Wildman–Crippen MR) is 87.2 cm³/mol. The van der Waals surface area contributed by atoms with E-state index in [0.717, 1.165) is 37.5 Å². The number of nitrogens with zero attached hydrogens (tertiary/aromatic N) is 4. The van der Waals surface area contributed by atoms with Crippen molar-refractivity contribution in [2.45, 2.75) is 44.2 Å². The van der Waals surface area contributed by atoms with Crippen molar-refractivity contribution < 1.29 is 9.53 Å². The first-order valence-corrected chi connectivity index (χ1v) is 8.74. The molecule has 6 heteroatoms. The Morgan fingerprint density at radius 1 is 1.35 bits per heavy atom. The van der Waals surface area contributed by atoms with Gasteiger partial charge in [-0.05, 0) is 38.5 Å². The number of likely N-dealkylation sites (tertiary alicyclic amines) is 1. The quantitative estimate of drug-likeness (QED) is 0.846. The SMILES string of the molecule is C[C@@H]1N(c2cnn(C)c2)C(=O)COC12CCN(CC1CC1)CC2. The zero-order valence-electron chi connectivity index (χ0n) is 14.1. The molecule has 1 aromatic rings. The lowest BCUT2D eigenvalue weighted by atomic mass is 9.82. The summed E-state index contributed by atoms with van der Waals surface area (Å²) in [5.41, 5.74) is 0.678. The molecule has 1 spiro atoms. The van der Waals surface area contributed by atoms with E-state index in [4.69, 9.17) is 4.74 Å². The van der Waals surface area contributed by atoms with Crippen LogP contribution in [0.3, 0.4) is 0 Å². The van der Waals surface area contributed by atoms with Crippen molar-refractivity contribution in [3.05, 3.63) is 12.4 Å². The Bertz CT molecular complexity index is 587. The van der Waals surface area contributed by atoms with Gasteiger partial charge in [-0.15, -0.1) is 0 Å². The summed E-state index contributed by atoms with van der Waals surface area (Å²) in [7, 11) is 1.88. The number of ether oxygens (including phenoxy) is 1. The summed E-state index contributed by atoms with van der Waals surface area (Å²) in [5, 5.41) is 4.22. The Labute approximate surface area is 137 Å². The molecule has 0 bridgehead atoms. The second-order valence-corrected chi connectivity index (χ2v) is 7.41. The van der Waals surface area contributed by atoms with E-state index in [1.807, 2.05) is 18.1 Å². The molecule has 0 unspecified atom stereocenters. The maximum Gasteiger partial charge on any atom is 0.253 e. The van der Waals surface area contributed by atoms with E-state index in [1.54, 1.807) is 10.9 Å². The van der Waals surface area contributed by atoms with Crippen molar-refractivity contribution >= 4 is 11.6 Å². The third-order valence-electron chi connectivity index (χ3n) is 5.79. The Balaban J connectivity index is 1.49. The maximum absolute atomic E-state index is 12.4. The Kier molecular flexibility index (Phi) is 3.69. The average Bonchev–Trinajstić information content (AvgIpc) is 3.26. The highest BCUT2D eigenvalue weighted by Gasteiger charge is 2.48. The number of anilines is 1. The minimum absolute atomic E-state index is 0.0385. The van der Waals surface area contributed by atoms with Crippen molar-refractivity contribution in [2.24, 2.45) is 13.0 Å². The molecule has 6 nitrogen and oxygen atoms in total. The van der Waals surface area contributed by atoms with Gasteiger partial charge in [-0.2, -0.15) is 5.10 Å². The highest BCUT2D eigenvalue weighted by molar-refractivity contribution is 5.95. The molecule has 0 N–H and O–H groups in total. The van der Waals surface area contributed by atoms with Crippen LogP contribution >= 0.6 is 0 Å².